The maximum Gasteiger partial charge on any atom is 0.343 e. The number of para-hydroxylation sites is 1. The number of piperidine rings is 1. The fourth-order valence-electron chi connectivity index (χ4n) is 4.14. The van der Waals surface area contributed by atoms with Crippen molar-refractivity contribution in [3.05, 3.63) is 88.4 Å². The molecule has 5 rings (SSSR count). The number of anilines is 4. The van der Waals surface area contributed by atoms with Crippen LogP contribution in [0.1, 0.15) is 35.2 Å². The zero-order chi connectivity index (χ0) is 27.7. The summed E-state index contributed by atoms with van der Waals surface area (Å²) in [7, 11) is 1.51. The van der Waals surface area contributed by atoms with Crippen LogP contribution in [0.3, 0.4) is 0 Å². The molecule has 1 saturated heterocycles. The summed E-state index contributed by atoms with van der Waals surface area (Å²) in [6.45, 7) is 1.80. The Labute approximate surface area is 240 Å². The van der Waals surface area contributed by atoms with Crippen molar-refractivity contribution < 1.29 is 14.3 Å². The molecule has 204 valence electrons. The van der Waals surface area contributed by atoms with E-state index in [0.29, 0.717) is 34.9 Å². The molecule has 0 spiro atoms. The number of carbonyl (C=O) groups is 1. The fourth-order valence-corrected chi connectivity index (χ4v) is 4.54. The number of methoxy groups -OCH3 is 1. The Balaban J connectivity index is 1.31. The number of nitrogens with one attached hydrogen (secondary N) is 2. The van der Waals surface area contributed by atoms with Crippen LogP contribution >= 0.6 is 15.9 Å². The van der Waals surface area contributed by atoms with Gasteiger partial charge in [-0.15, -0.1) is 0 Å². The van der Waals surface area contributed by atoms with Crippen LogP contribution in [0.4, 0.5) is 23.5 Å². The van der Waals surface area contributed by atoms with Crippen molar-refractivity contribution in [2.75, 3.05) is 35.8 Å². The molecule has 3 aromatic carbocycles. The van der Waals surface area contributed by atoms with Crippen molar-refractivity contribution in [2.24, 2.45) is 5.10 Å². The summed E-state index contributed by atoms with van der Waals surface area (Å²) < 4.78 is 11.8. The van der Waals surface area contributed by atoms with E-state index >= 15 is 0 Å². The first-order valence-electron chi connectivity index (χ1n) is 12.9. The standard InChI is InChI=1S/C29H28BrN7O3/c1-39-25-17-20(13-14-24(25)40-26(38)21-9-8-10-22(30)18-21)19-31-36-28-33-27(32-23-11-4-2-5-12-23)34-29(35-28)37-15-6-3-7-16-37/h2,4-5,8-14,17-19H,3,6-7,15-16H2,1H3,(H2,32,33,34,35,36). The molecule has 0 atom stereocenters. The minimum absolute atomic E-state index is 0.304. The predicted octanol–water partition coefficient (Wildman–Crippen LogP) is 6.04. The molecule has 0 bridgehead atoms. The molecule has 1 aliphatic rings. The molecule has 10 nitrogen and oxygen atoms in total. The SMILES string of the molecule is COc1cc(C=NNc2nc(Nc3ccccc3)nc(N3CCCCC3)n2)ccc1OC(=O)c1cccc(Br)c1. The molecule has 2 N–H and O–H groups in total. The molecule has 0 amide bonds. The minimum Gasteiger partial charge on any atom is -0.493 e. The van der Waals surface area contributed by atoms with Crippen molar-refractivity contribution >= 4 is 51.6 Å². The van der Waals surface area contributed by atoms with E-state index in [9.17, 15) is 4.79 Å². The number of aromatic nitrogens is 3. The highest BCUT2D eigenvalue weighted by Gasteiger charge is 2.17. The van der Waals surface area contributed by atoms with Crippen LogP contribution in [0.5, 0.6) is 11.5 Å². The second-order valence-electron chi connectivity index (χ2n) is 9.00. The third-order valence-electron chi connectivity index (χ3n) is 6.12. The number of nitrogens with zero attached hydrogens (tertiary/aromatic N) is 5. The minimum atomic E-state index is -0.484. The topological polar surface area (TPSA) is 114 Å². The van der Waals surface area contributed by atoms with Gasteiger partial charge in [0.1, 0.15) is 0 Å². The molecule has 0 radical (unpaired) electrons. The molecule has 1 aromatic heterocycles. The predicted molar refractivity (Wildman–Crippen MR) is 159 cm³/mol. The van der Waals surface area contributed by atoms with Crippen molar-refractivity contribution in [2.45, 2.75) is 19.3 Å². The summed E-state index contributed by atoms with van der Waals surface area (Å²) >= 11 is 3.37. The highest BCUT2D eigenvalue weighted by molar-refractivity contribution is 9.10. The van der Waals surface area contributed by atoms with E-state index in [1.165, 1.54) is 13.5 Å². The Bertz CT molecular complexity index is 1490. The molecule has 0 unspecified atom stereocenters. The number of rotatable bonds is 9. The Morgan fingerprint density at radius 2 is 1.73 bits per heavy atom. The number of hydrogen-bond acceptors (Lipinski definition) is 10. The smallest absolute Gasteiger partial charge is 0.343 e. The molecule has 4 aromatic rings. The highest BCUT2D eigenvalue weighted by Crippen LogP contribution is 2.29. The molecule has 1 fully saturated rings. The van der Waals surface area contributed by atoms with Gasteiger partial charge in [0, 0.05) is 23.2 Å². The maximum absolute atomic E-state index is 12.6. The maximum atomic E-state index is 12.6. The monoisotopic (exact) mass is 601 g/mol. The third kappa shape index (κ3) is 7.11. The van der Waals surface area contributed by atoms with E-state index in [2.05, 4.69) is 51.6 Å². The van der Waals surface area contributed by atoms with Crippen molar-refractivity contribution in [3.63, 3.8) is 0 Å². The highest BCUT2D eigenvalue weighted by atomic mass is 79.9. The van der Waals surface area contributed by atoms with Gasteiger partial charge in [-0.25, -0.2) is 10.2 Å². The average molecular weight is 602 g/mol. The van der Waals surface area contributed by atoms with E-state index in [0.717, 1.165) is 41.7 Å². The Morgan fingerprint density at radius 3 is 2.50 bits per heavy atom. The van der Waals surface area contributed by atoms with Crippen LogP contribution in [-0.2, 0) is 0 Å². The Morgan fingerprint density at radius 1 is 0.925 bits per heavy atom. The molecule has 40 heavy (non-hydrogen) atoms. The third-order valence-corrected chi connectivity index (χ3v) is 6.61. The lowest BCUT2D eigenvalue weighted by molar-refractivity contribution is 0.0729. The number of halogens is 1. The van der Waals surface area contributed by atoms with Gasteiger partial charge >= 0.3 is 5.97 Å². The van der Waals surface area contributed by atoms with Gasteiger partial charge in [-0.1, -0.05) is 40.2 Å². The van der Waals surface area contributed by atoms with Gasteiger partial charge in [-0.2, -0.15) is 20.1 Å². The molecule has 11 heteroatoms. The molecule has 0 saturated carbocycles. The molecular weight excluding hydrogens is 574 g/mol. The van der Waals surface area contributed by atoms with E-state index in [4.69, 9.17) is 9.47 Å². The van der Waals surface area contributed by atoms with Crippen molar-refractivity contribution in [1.82, 2.24) is 15.0 Å². The first-order chi connectivity index (χ1) is 19.6. The fraction of sp³-hybridized carbons (Fsp3) is 0.207. The number of carbonyl (C=O) groups excluding carboxylic acids is 1. The van der Waals surface area contributed by atoms with Gasteiger partial charge in [0.15, 0.2) is 11.5 Å². The Kier molecular flexibility index (Phi) is 8.82. The first kappa shape index (κ1) is 27.1. The summed E-state index contributed by atoms with van der Waals surface area (Å²) in [5.41, 5.74) is 4.94. The molecule has 1 aliphatic heterocycles. The van der Waals surface area contributed by atoms with Gasteiger partial charge in [0.25, 0.3) is 0 Å². The van der Waals surface area contributed by atoms with Crippen LogP contribution in [0, 0.1) is 0 Å². The number of esters is 1. The van der Waals surface area contributed by atoms with Crippen LogP contribution in [0.15, 0.2) is 82.4 Å². The number of hydrogen-bond donors (Lipinski definition) is 2. The summed E-state index contributed by atoms with van der Waals surface area (Å²) in [5, 5.41) is 7.57. The Hall–Kier alpha value is -4.51. The number of ether oxygens (including phenoxy) is 2. The molecule has 2 heterocycles. The quantitative estimate of drug-likeness (QED) is 0.102. The van der Waals surface area contributed by atoms with E-state index in [1.807, 2.05) is 36.4 Å². The van der Waals surface area contributed by atoms with Crippen LogP contribution in [-0.4, -0.2) is 47.3 Å². The van der Waals surface area contributed by atoms with E-state index in [1.54, 1.807) is 42.6 Å². The zero-order valence-corrected chi connectivity index (χ0v) is 23.5. The lowest BCUT2D eigenvalue weighted by atomic mass is 10.1. The second kappa shape index (κ2) is 13.0. The van der Waals surface area contributed by atoms with Crippen LogP contribution < -0.4 is 25.1 Å². The summed E-state index contributed by atoms with van der Waals surface area (Å²) in [5.74, 6) is 1.56. The van der Waals surface area contributed by atoms with Crippen molar-refractivity contribution in [3.8, 4) is 11.5 Å². The van der Waals surface area contributed by atoms with Gasteiger partial charge in [0.2, 0.25) is 17.8 Å². The van der Waals surface area contributed by atoms with E-state index < -0.39 is 5.97 Å². The summed E-state index contributed by atoms with van der Waals surface area (Å²) in [4.78, 5) is 28.5. The second-order valence-corrected chi connectivity index (χ2v) is 9.92. The summed E-state index contributed by atoms with van der Waals surface area (Å²) in [6.07, 6.45) is 5.02. The van der Waals surface area contributed by atoms with Gasteiger partial charge in [-0.05, 0) is 73.4 Å². The van der Waals surface area contributed by atoms with Gasteiger partial charge in [-0.3, -0.25) is 0 Å². The summed E-state index contributed by atoms with van der Waals surface area (Å²) in [6, 6.07) is 21.9. The normalized spacial score (nSPS) is 13.2. The van der Waals surface area contributed by atoms with Gasteiger partial charge in [0.05, 0.1) is 18.9 Å². The van der Waals surface area contributed by atoms with Crippen molar-refractivity contribution in [1.29, 1.82) is 0 Å². The lowest BCUT2D eigenvalue weighted by Crippen LogP contribution is -2.31. The average Bonchev–Trinajstić information content (AvgIpc) is 2.98. The van der Waals surface area contributed by atoms with Gasteiger partial charge < -0.3 is 19.7 Å². The van der Waals surface area contributed by atoms with E-state index in [-0.39, 0.29) is 0 Å². The molecule has 0 aliphatic carbocycles. The molecular formula is C29H28BrN7O3. The lowest BCUT2D eigenvalue weighted by Gasteiger charge is -2.26. The van der Waals surface area contributed by atoms with Crippen LogP contribution in [0.25, 0.3) is 0 Å². The largest absolute Gasteiger partial charge is 0.493 e. The zero-order valence-electron chi connectivity index (χ0n) is 21.9. The number of benzene rings is 3. The first-order valence-corrected chi connectivity index (χ1v) is 13.6. The number of hydrazone groups is 1. The van der Waals surface area contributed by atoms with Crippen LogP contribution in [0.2, 0.25) is 0 Å².